The van der Waals surface area contributed by atoms with Crippen LogP contribution in [0.3, 0.4) is 0 Å². The van der Waals surface area contributed by atoms with Crippen molar-refractivity contribution in [3.63, 3.8) is 0 Å². The number of amides is 1. The molecule has 1 saturated heterocycles. The number of primary amides is 1. The van der Waals surface area contributed by atoms with Crippen molar-refractivity contribution in [2.75, 3.05) is 32.9 Å². The van der Waals surface area contributed by atoms with Crippen LogP contribution < -0.4 is 16.4 Å². The molecule has 1 aromatic heterocycles. The molecule has 1 aliphatic rings. The van der Waals surface area contributed by atoms with E-state index in [1.807, 2.05) is 6.92 Å². The Hall–Kier alpha value is -2.06. The molecular formula is C16H26N4O4. The lowest BCUT2D eigenvalue weighted by Crippen LogP contribution is -2.38. The van der Waals surface area contributed by atoms with E-state index in [9.17, 15) is 4.79 Å². The Labute approximate surface area is 141 Å². The topological polar surface area (TPSA) is 111 Å². The Morgan fingerprint density at radius 2 is 2.33 bits per heavy atom. The third kappa shape index (κ3) is 6.21. The molecule has 1 aromatic rings. The predicted molar refractivity (Wildman–Crippen MR) is 89.8 cm³/mol. The van der Waals surface area contributed by atoms with Gasteiger partial charge in [0.15, 0.2) is 11.7 Å². The molecule has 8 nitrogen and oxygen atoms in total. The Morgan fingerprint density at radius 1 is 1.46 bits per heavy atom. The molecule has 0 bridgehead atoms. The van der Waals surface area contributed by atoms with Crippen molar-refractivity contribution >= 4 is 11.9 Å². The zero-order chi connectivity index (χ0) is 17.2. The number of carbonyl (C=O) groups is 1. The quantitative estimate of drug-likeness (QED) is 0.346. The third-order valence-electron chi connectivity index (χ3n) is 3.50. The average Bonchev–Trinajstić information content (AvgIpc) is 3.23. The molecule has 0 aromatic carbocycles. The van der Waals surface area contributed by atoms with Crippen LogP contribution in [0.1, 0.15) is 36.1 Å². The Morgan fingerprint density at radius 3 is 3.00 bits per heavy atom. The number of hydrogen-bond donors (Lipinski definition) is 3. The van der Waals surface area contributed by atoms with Crippen LogP contribution in [0.2, 0.25) is 0 Å². The monoisotopic (exact) mass is 338 g/mol. The molecule has 1 aliphatic heterocycles. The van der Waals surface area contributed by atoms with E-state index >= 15 is 0 Å². The number of ether oxygens (including phenoxy) is 2. The van der Waals surface area contributed by atoms with Gasteiger partial charge in [0.1, 0.15) is 12.3 Å². The van der Waals surface area contributed by atoms with Crippen LogP contribution in [0, 0.1) is 0 Å². The molecule has 8 heteroatoms. The first-order chi connectivity index (χ1) is 11.7. The molecule has 0 radical (unpaired) electrons. The van der Waals surface area contributed by atoms with Crippen LogP contribution in [0.25, 0.3) is 0 Å². The normalized spacial score (nSPS) is 17.9. The van der Waals surface area contributed by atoms with Gasteiger partial charge in [-0.2, -0.15) is 0 Å². The number of aliphatic imine (C=N–C) groups is 1. The fourth-order valence-electron chi connectivity index (χ4n) is 2.27. The molecule has 1 amide bonds. The van der Waals surface area contributed by atoms with Gasteiger partial charge in [0.2, 0.25) is 0 Å². The molecule has 0 aliphatic carbocycles. The zero-order valence-electron chi connectivity index (χ0n) is 14.0. The molecule has 0 saturated carbocycles. The zero-order valence-corrected chi connectivity index (χ0v) is 14.0. The highest BCUT2D eigenvalue weighted by Gasteiger charge is 2.15. The minimum Gasteiger partial charge on any atom is -0.454 e. The Bertz CT molecular complexity index is 538. The van der Waals surface area contributed by atoms with Crippen molar-refractivity contribution in [2.45, 2.75) is 32.4 Å². The van der Waals surface area contributed by atoms with E-state index in [1.165, 1.54) is 0 Å². The molecule has 4 N–H and O–H groups in total. The van der Waals surface area contributed by atoms with Crippen molar-refractivity contribution in [2.24, 2.45) is 10.7 Å². The van der Waals surface area contributed by atoms with Crippen LogP contribution >= 0.6 is 0 Å². The fourth-order valence-corrected chi connectivity index (χ4v) is 2.27. The number of rotatable bonds is 9. The van der Waals surface area contributed by atoms with Gasteiger partial charge in [-0.1, -0.05) is 0 Å². The van der Waals surface area contributed by atoms with Gasteiger partial charge in [0.25, 0.3) is 5.91 Å². The molecular weight excluding hydrogens is 312 g/mol. The highest BCUT2D eigenvalue weighted by atomic mass is 16.5. The first-order valence-corrected chi connectivity index (χ1v) is 8.29. The summed E-state index contributed by atoms with van der Waals surface area (Å²) in [6.45, 7) is 6.03. The Kier molecular flexibility index (Phi) is 7.57. The van der Waals surface area contributed by atoms with Gasteiger partial charge < -0.3 is 30.3 Å². The molecule has 1 unspecified atom stereocenters. The SMILES string of the molecule is CCNC(=NCc1ccc(C(N)=O)o1)NCCCOC1CCOC1. The lowest BCUT2D eigenvalue weighted by Gasteiger charge is -2.12. The molecule has 2 heterocycles. The van der Waals surface area contributed by atoms with Gasteiger partial charge in [-0.05, 0) is 31.9 Å². The maximum absolute atomic E-state index is 11.0. The second-order valence-electron chi connectivity index (χ2n) is 5.46. The van der Waals surface area contributed by atoms with Crippen LogP contribution in [0.4, 0.5) is 0 Å². The van der Waals surface area contributed by atoms with E-state index < -0.39 is 5.91 Å². The van der Waals surface area contributed by atoms with Gasteiger partial charge in [0.05, 0.1) is 12.7 Å². The van der Waals surface area contributed by atoms with Gasteiger partial charge in [-0.15, -0.1) is 0 Å². The van der Waals surface area contributed by atoms with Crippen LogP contribution in [-0.2, 0) is 16.0 Å². The third-order valence-corrected chi connectivity index (χ3v) is 3.50. The van der Waals surface area contributed by atoms with Crippen molar-refractivity contribution in [1.82, 2.24) is 10.6 Å². The number of hydrogen-bond acceptors (Lipinski definition) is 5. The van der Waals surface area contributed by atoms with Crippen LogP contribution in [0.15, 0.2) is 21.5 Å². The molecule has 0 spiro atoms. The first kappa shape index (κ1) is 18.3. The number of guanidine groups is 1. The summed E-state index contributed by atoms with van der Waals surface area (Å²) in [7, 11) is 0. The second kappa shape index (κ2) is 9.94. The standard InChI is InChI=1S/C16H26N4O4/c1-2-18-16(19-7-3-8-23-13-6-9-22-11-13)20-10-12-4-5-14(24-12)15(17)21/h4-5,13H,2-3,6-11H2,1H3,(H2,17,21)(H2,18,19,20). The van der Waals surface area contributed by atoms with E-state index in [4.69, 9.17) is 19.6 Å². The van der Waals surface area contributed by atoms with E-state index in [0.29, 0.717) is 31.5 Å². The smallest absolute Gasteiger partial charge is 0.284 e. The summed E-state index contributed by atoms with van der Waals surface area (Å²) in [4.78, 5) is 15.4. The molecule has 2 rings (SSSR count). The lowest BCUT2D eigenvalue weighted by atomic mass is 10.3. The minimum absolute atomic E-state index is 0.145. The molecule has 1 fully saturated rings. The maximum atomic E-state index is 11.0. The van der Waals surface area contributed by atoms with Crippen molar-refractivity contribution < 1.29 is 18.7 Å². The summed E-state index contributed by atoms with van der Waals surface area (Å²) in [5, 5.41) is 6.40. The van der Waals surface area contributed by atoms with Gasteiger partial charge in [-0.25, -0.2) is 4.99 Å². The maximum Gasteiger partial charge on any atom is 0.284 e. The summed E-state index contributed by atoms with van der Waals surface area (Å²) < 4.78 is 16.3. The largest absolute Gasteiger partial charge is 0.454 e. The van der Waals surface area contributed by atoms with Gasteiger partial charge in [-0.3, -0.25) is 4.79 Å². The summed E-state index contributed by atoms with van der Waals surface area (Å²) in [6, 6.07) is 3.25. The number of nitrogens with zero attached hydrogens (tertiary/aromatic N) is 1. The minimum atomic E-state index is -0.581. The predicted octanol–water partition coefficient (Wildman–Crippen LogP) is 0.629. The summed E-state index contributed by atoms with van der Waals surface area (Å²) in [5.74, 6) is 0.846. The lowest BCUT2D eigenvalue weighted by molar-refractivity contribution is 0.0420. The van der Waals surface area contributed by atoms with Gasteiger partial charge >= 0.3 is 0 Å². The van der Waals surface area contributed by atoms with E-state index in [-0.39, 0.29) is 11.9 Å². The number of nitrogens with one attached hydrogen (secondary N) is 2. The van der Waals surface area contributed by atoms with E-state index in [1.54, 1.807) is 12.1 Å². The molecule has 1 atom stereocenters. The van der Waals surface area contributed by atoms with Crippen molar-refractivity contribution in [3.8, 4) is 0 Å². The van der Waals surface area contributed by atoms with Crippen LogP contribution in [0.5, 0.6) is 0 Å². The summed E-state index contributed by atoms with van der Waals surface area (Å²) in [5.41, 5.74) is 5.16. The number of carbonyl (C=O) groups excluding carboxylic acids is 1. The van der Waals surface area contributed by atoms with Crippen molar-refractivity contribution in [3.05, 3.63) is 23.7 Å². The van der Waals surface area contributed by atoms with E-state index in [2.05, 4.69) is 15.6 Å². The molecule has 24 heavy (non-hydrogen) atoms. The summed E-state index contributed by atoms with van der Waals surface area (Å²) in [6.07, 6.45) is 2.10. The number of nitrogens with two attached hydrogens (primary N) is 1. The number of furan rings is 1. The average molecular weight is 338 g/mol. The van der Waals surface area contributed by atoms with Crippen molar-refractivity contribution in [1.29, 1.82) is 0 Å². The van der Waals surface area contributed by atoms with E-state index in [0.717, 1.165) is 32.5 Å². The van der Waals surface area contributed by atoms with Crippen LogP contribution in [-0.4, -0.2) is 50.9 Å². The van der Waals surface area contributed by atoms with Gasteiger partial charge in [0, 0.05) is 26.3 Å². The highest BCUT2D eigenvalue weighted by molar-refractivity contribution is 5.89. The Balaban J connectivity index is 1.70. The summed E-state index contributed by atoms with van der Waals surface area (Å²) >= 11 is 0. The first-order valence-electron chi connectivity index (χ1n) is 8.29. The molecule has 134 valence electrons. The highest BCUT2D eigenvalue weighted by Crippen LogP contribution is 2.09. The second-order valence-corrected chi connectivity index (χ2v) is 5.46. The fraction of sp³-hybridized carbons (Fsp3) is 0.625.